The minimum atomic E-state index is -0.273. The Morgan fingerprint density at radius 3 is 2.76 bits per heavy atom. The molecule has 1 heterocycles. The Morgan fingerprint density at radius 1 is 1.35 bits per heavy atom. The zero-order valence-corrected chi connectivity index (χ0v) is 9.71. The van der Waals surface area contributed by atoms with Crippen molar-refractivity contribution in [1.29, 1.82) is 0 Å². The fourth-order valence-electron chi connectivity index (χ4n) is 1.68. The summed E-state index contributed by atoms with van der Waals surface area (Å²) in [4.78, 5) is 0. The molecule has 0 fully saturated rings. The summed E-state index contributed by atoms with van der Waals surface area (Å²) in [6.45, 7) is 3.71. The minimum Gasteiger partial charge on any atom is -0.322 e. The van der Waals surface area contributed by atoms with Crippen molar-refractivity contribution < 1.29 is 4.39 Å². The third-order valence-electron chi connectivity index (χ3n) is 2.62. The van der Waals surface area contributed by atoms with E-state index in [1.807, 2.05) is 13.0 Å². The highest BCUT2D eigenvalue weighted by molar-refractivity contribution is 5.20. The lowest BCUT2D eigenvalue weighted by molar-refractivity contribution is 0.501. The van der Waals surface area contributed by atoms with Gasteiger partial charge in [-0.25, -0.2) is 9.07 Å². The van der Waals surface area contributed by atoms with Crippen LogP contribution < -0.4 is 5.73 Å². The van der Waals surface area contributed by atoms with Crippen LogP contribution in [0.2, 0.25) is 0 Å². The normalized spacial score (nSPS) is 14.6. The van der Waals surface area contributed by atoms with Crippen LogP contribution in [0.5, 0.6) is 0 Å². The molecular weight excluding hydrogens is 221 g/mol. The molecule has 0 amide bonds. The molecule has 5 nitrogen and oxygen atoms in total. The van der Waals surface area contributed by atoms with Crippen molar-refractivity contribution in [2.75, 3.05) is 0 Å². The molecule has 2 unspecified atom stereocenters. The van der Waals surface area contributed by atoms with Crippen LogP contribution in [0.4, 0.5) is 4.39 Å². The summed E-state index contributed by atoms with van der Waals surface area (Å²) >= 11 is 0. The molecule has 2 N–H and O–H groups in total. The third kappa shape index (κ3) is 2.31. The highest BCUT2D eigenvalue weighted by Crippen LogP contribution is 2.20. The van der Waals surface area contributed by atoms with Gasteiger partial charge in [0.25, 0.3) is 0 Å². The maximum absolute atomic E-state index is 13.1. The number of nitrogens with zero attached hydrogens (tertiary/aromatic N) is 4. The third-order valence-corrected chi connectivity index (χ3v) is 2.62. The van der Waals surface area contributed by atoms with E-state index < -0.39 is 0 Å². The van der Waals surface area contributed by atoms with Crippen molar-refractivity contribution in [3.05, 3.63) is 41.5 Å². The van der Waals surface area contributed by atoms with Crippen LogP contribution >= 0.6 is 0 Å². The maximum atomic E-state index is 13.1. The molecule has 0 aliphatic rings. The first-order valence-corrected chi connectivity index (χ1v) is 5.38. The Bertz CT molecular complexity index is 508. The second-order valence-corrected chi connectivity index (χ2v) is 4.00. The molecule has 2 atom stereocenters. The topological polar surface area (TPSA) is 69.6 Å². The van der Waals surface area contributed by atoms with Crippen molar-refractivity contribution in [3.63, 3.8) is 0 Å². The Morgan fingerprint density at radius 2 is 2.12 bits per heavy atom. The number of aromatic nitrogens is 4. The predicted molar refractivity (Wildman–Crippen MR) is 60.6 cm³/mol. The number of tetrazole rings is 1. The zero-order chi connectivity index (χ0) is 12.4. The van der Waals surface area contributed by atoms with Gasteiger partial charge >= 0.3 is 0 Å². The van der Waals surface area contributed by atoms with Gasteiger partial charge in [-0.05, 0) is 42.0 Å². The fraction of sp³-hybridized carbons (Fsp3) is 0.364. The lowest BCUT2D eigenvalue weighted by Crippen LogP contribution is -2.18. The first kappa shape index (κ1) is 11.7. The minimum absolute atomic E-state index is 0.151. The molecule has 6 heteroatoms. The lowest BCUT2D eigenvalue weighted by atomic mass is 10.1. The summed E-state index contributed by atoms with van der Waals surface area (Å²) in [5.74, 6) is 0.312. The van der Waals surface area contributed by atoms with E-state index in [1.54, 1.807) is 17.7 Å². The second kappa shape index (κ2) is 4.58. The molecule has 1 aromatic carbocycles. The molecule has 1 aromatic heterocycles. The van der Waals surface area contributed by atoms with Gasteiger partial charge in [-0.2, -0.15) is 0 Å². The molecule has 90 valence electrons. The number of hydrogen-bond acceptors (Lipinski definition) is 4. The Balaban J connectivity index is 2.37. The molecule has 0 aliphatic heterocycles. The molecule has 17 heavy (non-hydrogen) atoms. The fourth-order valence-corrected chi connectivity index (χ4v) is 1.68. The monoisotopic (exact) mass is 235 g/mol. The van der Waals surface area contributed by atoms with Gasteiger partial charge in [-0.3, -0.25) is 0 Å². The molecule has 0 spiro atoms. The molecular formula is C11H14FN5. The first-order chi connectivity index (χ1) is 8.09. The molecule has 0 radical (unpaired) electrons. The van der Waals surface area contributed by atoms with Crippen LogP contribution in [0, 0.1) is 5.82 Å². The number of hydrogen-bond donors (Lipinski definition) is 1. The van der Waals surface area contributed by atoms with Crippen LogP contribution in [0.1, 0.15) is 37.3 Å². The van der Waals surface area contributed by atoms with Crippen LogP contribution in [0.25, 0.3) is 0 Å². The Hall–Kier alpha value is -1.82. The number of rotatable bonds is 3. The average molecular weight is 235 g/mol. The van der Waals surface area contributed by atoms with Crippen LogP contribution in [0.3, 0.4) is 0 Å². The zero-order valence-electron chi connectivity index (χ0n) is 9.71. The summed E-state index contributed by atoms with van der Waals surface area (Å²) in [7, 11) is 0. The largest absolute Gasteiger partial charge is 0.322 e. The van der Waals surface area contributed by atoms with Gasteiger partial charge in [0, 0.05) is 0 Å². The van der Waals surface area contributed by atoms with Gasteiger partial charge in [-0.15, -0.1) is 5.10 Å². The van der Waals surface area contributed by atoms with E-state index >= 15 is 0 Å². The SMILES string of the molecule is CC(N)c1nnnn1C(C)c1cccc(F)c1. The highest BCUT2D eigenvalue weighted by atomic mass is 19.1. The van der Waals surface area contributed by atoms with E-state index in [0.717, 1.165) is 5.56 Å². The molecule has 2 aromatic rings. The van der Waals surface area contributed by atoms with Gasteiger partial charge in [0.2, 0.25) is 0 Å². The van der Waals surface area contributed by atoms with Gasteiger partial charge in [0.1, 0.15) is 5.82 Å². The Labute approximate surface area is 98.4 Å². The Kier molecular flexibility index (Phi) is 3.14. The van der Waals surface area contributed by atoms with Crippen LogP contribution in [0.15, 0.2) is 24.3 Å². The standard InChI is InChI=1S/C11H14FN5/c1-7(13)11-14-15-16-17(11)8(2)9-4-3-5-10(12)6-9/h3-8H,13H2,1-2H3. The first-order valence-electron chi connectivity index (χ1n) is 5.38. The molecule has 0 bridgehead atoms. The summed E-state index contributed by atoms with van der Waals surface area (Å²) in [6, 6.07) is 5.96. The van der Waals surface area contributed by atoms with Crippen molar-refractivity contribution in [2.45, 2.75) is 25.9 Å². The predicted octanol–water partition coefficient (Wildman–Crippen LogP) is 1.44. The van der Waals surface area contributed by atoms with Gasteiger partial charge in [-0.1, -0.05) is 12.1 Å². The van der Waals surface area contributed by atoms with Crippen molar-refractivity contribution in [1.82, 2.24) is 20.2 Å². The summed E-state index contributed by atoms with van der Waals surface area (Å²) in [5.41, 5.74) is 6.57. The number of benzene rings is 1. The van der Waals surface area contributed by atoms with Crippen molar-refractivity contribution in [3.8, 4) is 0 Å². The summed E-state index contributed by atoms with van der Waals surface area (Å²) < 4.78 is 14.8. The highest BCUT2D eigenvalue weighted by Gasteiger charge is 2.17. The lowest BCUT2D eigenvalue weighted by Gasteiger charge is -2.15. The number of nitrogens with two attached hydrogens (primary N) is 1. The maximum Gasteiger partial charge on any atom is 0.168 e. The smallest absolute Gasteiger partial charge is 0.168 e. The van der Waals surface area contributed by atoms with Crippen LogP contribution in [-0.4, -0.2) is 20.2 Å². The molecule has 2 rings (SSSR count). The van der Waals surface area contributed by atoms with E-state index in [1.165, 1.54) is 12.1 Å². The summed E-state index contributed by atoms with van der Waals surface area (Å²) in [5, 5.41) is 11.4. The van der Waals surface area contributed by atoms with Gasteiger partial charge in [0.15, 0.2) is 5.82 Å². The van der Waals surface area contributed by atoms with E-state index in [9.17, 15) is 4.39 Å². The second-order valence-electron chi connectivity index (χ2n) is 4.00. The molecule has 0 aliphatic carbocycles. The van der Waals surface area contributed by atoms with Gasteiger partial charge < -0.3 is 5.73 Å². The quantitative estimate of drug-likeness (QED) is 0.874. The van der Waals surface area contributed by atoms with E-state index in [-0.39, 0.29) is 17.9 Å². The molecule has 0 saturated heterocycles. The summed E-state index contributed by atoms with van der Waals surface area (Å²) in [6.07, 6.45) is 0. The van der Waals surface area contributed by atoms with E-state index in [2.05, 4.69) is 15.5 Å². The van der Waals surface area contributed by atoms with Gasteiger partial charge in [0.05, 0.1) is 12.1 Å². The van der Waals surface area contributed by atoms with E-state index in [4.69, 9.17) is 5.73 Å². The van der Waals surface area contributed by atoms with E-state index in [0.29, 0.717) is 5.82 Å². The van der Waals surface area contributed by atoms with Crippen molar-refractivity contribution >= 4 is 0 Å². The van der Waals surface area contributed by atoms with Crippen LogP contribution in [-0.2, 0) is 0 Å². The molecule has 0 saturated carbocycles. The number of halogens is 1. The van der Waals surface area contributed by atoms with Crippen molar-refractivity contribution in [2.24, 2.45) is 5.73 Å². The average Bonchev–Trinajstić information content (AvgIpc) is 2.77.